The molecule has 0 bridgehead atoms. The predicted molar refractivity (Wildman–Crippen MR) is 50.8 cm³/mol. The van der Waals surface area contributed by atoms with Crippen molar-refractivity contribution < 1.29 is 0 Å². The topological polar surface area (TPSA) is 42.7 Å². The van der Waals surface area contributed by atoms with Gasteiger partial charge >= 0.3 is 0 Å². The molecule has 1 unspecified atom stereocenters. The lowest BCUT2D eigenvalue weighted by molar-refractivity contribution is 0.511. The van der Waals surface area contributed by atoms with Crippen molar-refractivity contribution in [3.8, 4) is 0 Å². The zero-order valence-electron chi connectivity index (χ0n) is 7.06. The minimum absolute atomic E-state index is 0.156. The minimum Gasteiger partial charge on any atom is -0.343 e. The van der Waals surface area contributed by atoms with E-state index in [1.165, 1.54) is 0 Å². The molecule has 1 aliphatic rings. The first-order valence-corrected chi connectivity index (χ1v) is 4.94. The molecular weight excluding hydrogens is 184 g/mol. The maximum Gasteiger partial charge on any atom is 0.176 e. The lowest BCUT2D eigenvalue weighted by atomic mass is 10.4. The Morgan fingerprint density at radius 3 is 3.23 bits per heavy atom. The first kappa shape index (κ1) is 7.08. The summed E-state index contributed by atoms with van der Waals surface area (Å²) in [6.07, 6.45) is 1.95. The molecule has 0 radical (unpaired) electrons. The average Bonchev–Trinajstić information content (AvgIpc) is 2.61. The molecule has 0 spiro atoms. The first-order valence-electron chi connectivity index (χ1n) is 4.07. The molecular formula is C8H8N4S. The Labute approximate surface area is 79.2 Å². The van der Waals surface area contributed by atoms with Gasteiger partial charge in [-0.15, -0.1) is 11.3 Å². The predicted octanol–water partition coefficient (Wildman–Crippen LogP) is 1.62. The summed E-state index contributed by atoms with van der Waals surface area (Å²) in [4.78, 5) is 4.41. The van der Waals surface area contributed by atoms with E-state index < -0.39 is 0 Å². The smallest absolute Gasteiger partial charge is 0.176 e. The fraction of sp³-hybridized carbons (Fsp3) is 0.250. The van der Waals surface area contributed by atoms with Crippen molar-refractivity contribution in [3.63, 3.8) is 0 Å². The molecule has 0 amide bonds. The molecule has 66 valence electrons. The highest BCUT2D eigenvalue weighted by molar-refractivity contribution is 7.09. The van der Waals surface area contributed by atoms with E-state index >= 15 is 0 Å². The Morgan fingerprint density at radius 1 is 1.62 bits per heavy atom. The molecule has 0 aromatic carbocycles. The van der Waals surface area contributed by atoms with Crippen LogP contribution in [0.2, 0.25) is 0 Å². The van der Waals surface area contributed by atoms with E-state index in [4.69, 9.17) is 0 Å². The Hall–Kier alpha value is -1.36. The number of nitrogens with one attached hydrogen (secondary N) is 1. The highest BCUT2D eigenvalue weighted by atomic mass is 32.1. The number of nitrogens with zero attached hydrogens (tertiary/aromatic N) is 3. The van der Waals surface area contributed by atoms with Crippen molar-refractivity contribution in [2.75, 3.05) is 5.32 Å². The van der Waals surface area contributed by atoms with E-state index in [0.717, 1.165) is 16.5 Å². The van der Waals surface area contributed by atoms with Crippen LogP contribution in [0.15, 0.2) is 17.6 Å². The van der Waals surface area contributed by atoms with Gasteiger partial charge < -0.3 is 5.32 Å². The lowest BCUT2D eigenvalue weighted by Crippen LogP contribution is -2.31. The van der Waals surface area contributed by atoms with Crippen molar-refractivity contribution in [2.45, 2.75) is 13.1 Å². The second kappa shape index (κ2) is 2.32. The third-order valence-electron chi connectivity index (χ3n) is 2.07. The van der Waals surface area contributed by atoms with Crippen molar-refractivity contribution in [1.29, 1.82) is 0 Å². The van der Waals surface area contributed by atoms with E-state index in [1.807, 2.05) is 17.7 Å². The summed E-state index contributed by atoms with van der Waals surface area (Å²) < 4.78 is 1.94. The Morgan fingerprint density at radius 2 is 2.54 bits per heavy atom. The standard InChI is InChI=1S/C8H8N4S/c1-5-4-13-8(10-5)7-11-6-2-3-9-12(6)7/h2-4,7,11H,1H3. The van der Waals surface area contributed by atoms with Gasteiger partial charge in [0.2, 0.25) is 0 Å². The van der Waals surface area contributed by atoms with Crippen LogP contribution in [0, 0.1) is 6.92 Å². The van der Waals surface area contributed by atoms with Gasteiger partial charge in [0.15, 0.2) is 6.17 Å². The summed E-state index contributed by atoms with van der Waals surface area (Å²) in [5.74, 6) is 1.07. The number of thiazole rings is 1. The number of aryl methyl sites for hydroxylation is 1. The number of hydrogen-bond donors (Lipinski definition) is 1. The van der Waals surface area contributed by atoms with E-state index in [1.54, 1.807) is 17.5 Å². The van der Waals surface area contributed by atoms with Crippen LogP contribution in [-0.4, -0.2) is 14.8 Å². The zero-order chi connectivity index (χ0) is 8.84. The van der Waals surface area contributed by atoms with Gasteiger partial charge in [0.05, 0.1) is 6.20 Å². The van der Waals surface area contributed by atoms with E-state index in [0.29, 0.717) is 0 Å². The van der Waals surface area contributed by atoms with Gasteiger partial charge in [-0.2, -0.15) is 5.10 Å². The normalized spacial score (nSPS) is 19.0. The molecule has 2 aromatic rings. The molecule has 13 heavy (non-hydrogen) atoms. The number of rotatable bonds is 1. The van der Waals surface area contributed by atoms with Crippen LogP contribution in [-0.2, 0) is 0 Å². The van der Waals surface area contributed by atoms with Gasteiger partial charge in [-0.25, -0.2) is 9.67 Å². The summed E-state index contributed by atoms with van der Waals surface area (Å²) in [5, 5.41) is 10.6. The van der Waals surface area contributed by atoms with Crippen LogP contribution in [0.5, 0.6) is 0 Å². The summed E-state index contributed by atoms with van der Waals surface area (Å²) in [7, 11) is 0. The number of anilines is 1. The molecule has 3 rings (SSSR count). The van der Waals surface area contributed by atoms with E-state index in [2.05, 4.69) is 20.8 Å². The average molecular weight is 192 g/mol. The van der Waals surface area contributed by atoms with E-state index in [-0.39, 0.29) is 6.17 Å². The second-order valence-electron chi connectivity index (χ2n) is 3.04. The SMILES string of the molecule is Cc1csc(C2Nc3ccnn32)n1. The maximum absolute atomic E-state index is 4.41. The molecule has 1 aliphatic heterocycles. The van der Waals surface area contributed by atoms with Crippen molar-refractivity contribution in [2.24, 2.45) is 0 Å². The van der Waals surface area contributed by atoms with Gasteiger partial charge in [-0.1, -0.05) is 0 Å². The molecule has 5 heteroatoms. The second-order valence-corrected chi connectivity index (χ2v) is 3.92. The van der Waals surface area contributed by atoms with Crippen LogP contribution < -0.4 is 5.32 Å². The van der Waals surface area contributed by atoms with Gasteiger partial charge in [-0.05, 0) is 6.92 Å². The van der Waals surface area contributed by atoms with Crippen LogP contribution in [0.25, 0.3) is 0 Å². The maximum atomic E-state index is 4.41. The Kier molecular flexibility index (Phi) is 1.26. The fourth-order valence-corrected chi connectivity index (χ4v) is 2.26. The van der Waals surface area contributed by atoms with Gasteiger partial charge in [-0.3, -0.25) is 0 Å². The molecule has 4 nitrogen and oxygen atoms in total. The van der Waals surface area contributed by atoms with Gasteiger partial charge in [0.25, 0.3) is 0 Å². The summed E-state index contributed by atoms with van der Waals surface area (Å²) in [6.45, 7) is 2.00. The molecule has 3 heterocycles. The van der Waals surface area contributed by atoms with Crippen molar-refractivity contribution >= 4 is 17.2 Å². The summed E-state index contributed by atoms with van der Waals surface area (Å²) in [5.41, 5.74) is 1.07. The van der Waals surface area contributed by atoms with Crippen molar-refractivity contribution in [3.05, 3.63) is 28.3 Å². The molecule has 1 N–H and O–H groups in total. The number of aromatic nitrogens is 3. The van der Waals surface area contributed by atoms with Gasteiger partial charge in [0.1, 0.15) is 10.8 Å². The molecule has 0 saturated heterocycles. The first-order chi connectivity index (χ1) is 6.34. The molecule has 0 saturated carbocycles. The molecule has 1 atom stereocenters. The van der Waals surface area contributed by atoms with Crippen LogP contribution in [0.4, 0.5) is 5.82 Å². The third-order valence-corrected chi connectivity index (χ3v) is 3.09. The van der Waals surface area contributed by atoms with E-state index in [9.17, 15) is 0 Å². The molecule has 2 aromatic heterocycles. The van der Waals surface area contributed by atoms with Crippen molar-refractivity contribution in [1.82, 2.24) is 14.8 Å². The largest absolute Gasteiger partial charge is 0.343 e. The number of hydrogen-bond acceptors (Lipinski definition) is 4. The molecule has 0 fully saturated rings. The quantitative estimate of drug-likeness (QED) is 0.746. The Balaban J connectivity index is 1.99. The third kappa shape index (κ3) is 0.904. The number of fused-ring (bicyclic) bond motifs is 1. The lowest BCUT2D eigenvalue weighted by Gasteiger charge is -2.28. The van der Waals surface area contributed by atoms with Crippen LogP contribution in [0.3, 0.4) is 0 Å². The highest BCUT2D eigenvalue weighted by Gasteiger charge is 2.28. The fourth-order valence-electron chi connectivity index (χ4n) is 1.43. The monoisotopic (exact) mass is 192 g/mol. The van der Waals surface area contributed by atoms with Gasteiger partial charge in [0, 0.05) is 17.1 Å². The summed E-state index contributed by atoms with van der Waals surface area (Å²) >= 11 is 1.67. The minimum atomic E-state index is 0.156. The summed E-state index contributed by atoms with van der Waals surface area (Å²) in [6, 6.07) is 1.96. The zero-order valence-corrected chi connectivity index (χ0v) is 7.88. The Bertz CT molecular complexity index is 444. The van der Waals surface area contributed by atoms with Crippen LogP contribution >= 0.6 is 11.3 Å². The van der Waals surface area contributed by atoms with Crippen LogP contribution in [0.1, 0.15) is 16.9 Å². The molecule has 0 aliphatic carbocycles. The highest BCUT2D eigenvalue weighted by Crippen LogP contribution is 2.32.